The van der Waals surface area contributed by atoms with E-state index in [4.69, 9.17) is 14.9 Å². The van der Waals surface area contributed by atoms with Crippen LogP contribution in [0.25, 0.3) is 0 Å². The number of nitrogens with one attached hydrogen (secondary N) is 1. The summed E-state index contributed by atoms with van der Waals surface area (Å²) in [6, 6.07) is -2.82. The van der Waals surface area contributed by atoms with Gasteiger partial charge < -0.3 is 29.9 Å². The molecule has 2 atom stereocenters. The van der Waals surface area contributed by atoms with Crippen LogP contribution in [0.5, 0.6) is 0 Å². The van der Waals surface area contributed by atoms with E-state index in [0.29, 0.717) is 0 Å². The predicted molar refractivity (Wildman–Crippen MR) is 65.0 cm³/mol. The zero-order valence-corrected chi connectivity index (χ0v) is 11.1. The third kappa shape index (κ3) is 4.07. The second kappa shape index (κ2) is 7.65. The van der Waals surface area contributed by atoms with Gasteiger partial charge in [0.2, 0.25) is 0 Å². The van der Waals surface area contributed by atoms with Crippen molar-refractivity contribution < 1.29 is 34.1 Å². The van der Waals surface area contributed by atoms with Gasteiger partial charge in [0.1, 0.15) is 6.04 Å². The Morgan fingerprint density at radius 2 is 2.20 bits per heavy atom. The van der Waals surface area contributed by atoms with Crippen LogP contribution in [-0.4, -0.2) is 78.6 Å². The lowest BCUT2D eigenvalue weighted by Crippen LogP contribution is -2.58. The smallest absolute Gasteiger partial charge is 0.331 e. The Kier molecular flexibility index (Phi) is 6.19. The van der Waals surface area contributed by atoms with Crippen molar-refractivity contribution in [1.29, 1.82) is 0 Å². The average Bonchev–Trinajstić information content (AvgIpc) is 2.45. The molecule has 0 radical (unpaired) electrons. The number of hydrogen-bond donors (Lipinski definition) is 3. The maximum atomic E-state index is 12.0. The summed E-state index contributed by atoms with van der Waals surface area (Å²) in [5.74, 6) is -1.89. The van der Waals surface area contributed by atoms with Crippen LogP contribution in [0, 0.1) is 0 Å². The highest BCUT2D eigenvalue weighted by atomic mass is 16.5. The molecule has 20 heavy (non-hydrogen) atoms. The highest BCUT2D eigenvalue weighted by Gasteiger charge is 2.35. The lowest BCUT2D eigenvalue weighted by Gasteiger charge is -2.34. The first-order valence-electron chi connectivity index (χ1n) is 6.07. The fourth-order valence-electron chi connectivity index (χ4n) is 1.80. The van der Waals surface area contributed by atoms with Gasteiger partial charge in [0, 0.05) is 19.6 Å². The number of methoxy groups -OCH3 is 1. The molecule has 3 N–H and O–H groups in total. The Hall–Kier alpha value is -1.87. The molecular weight excluding hydrogens is 272 g/mol. The minimum Gasteiger partial charge on any atom is -0.480 e. The highest BCUT2D eigenvalue weighted by Crippen LogP contribution is 2.09. The number of rotatable bonds is 5. The van der Waals surface area contributed by atoms with Crippen LogP contribution in [-0.2, 0) is 19.1 Å². The molecule has 1 fully saturated rings. The van der Waals surface area contributed by atoms with Crippen molar-refractivity contribution in [2.24, 2.45) is 0 Å². The van der Waals surface area contributed by atoms with Crippen LogP contribution in [0.4, 0.5) is 4.79 Å². The fourth-order valence-corrected chi connectivity index (χ4v) is 1.80. The van der Waals surface area contributed by atoms with Crippen LogP contribution in [0.15, 0.2) is 0 Å². The van der Waals surface area contributed by atoms with Crippen molar-refractivity contribution in [3.8, 4) is 0 Å². The Morgan fingerprint density at radius 3 is 2.75 bits per heavy atom. The van der Waals surface area contributed by atoms with E-state index in [2.05, 4.69) is 10.1 Å². The lowest BCUT2D eigenvalue weighted by molar-refractivity contribution is -0.151. The van der Waals surface area contributed by atoms with Gasteiger partial charge in [-0.25, -0.2) is 14.4 Å². The first-order chi connectivity index (χ1) is 9.51. The number of carbonyl (C=O) groups excluding carboxylic acids is 2. The molecule has 0 bridgehead atoms. The Morgan fingerprint density at radius 1 is 1.50 bits per heavy atom. The molecule has 2 unspecified atom stereocenters. The quantitative estimate of drug-likeness (QED) is 0.521. The van der Waals surface area contributed by atoms with E-state index in [1.807, 2.05) is 0 Å². The van der Waals surface area contributed by atoms with Gasteiger partial charge in [-0.2, -0.15) is 0 Å². The summed E-state index contributed by atoms with van der Waals surface area (Å²) in [5.41, 5.74) is 0. The molecule has 1 aliphatic rings. The zero-order valence-electron chi connectivity index (χ0n) is 11.1. The molecule has 1 heterocycles. The summed E-state index contributed by atoms with van der Waals surface area (Å²) in [6.07, 6.45) is -0.117. The number of nitrogens with zero attached hydrogens (tertiary/aromatic N) is 1. The summed E-state index contributed by atoms with van der Waals surface area (Å²) in [5, 5.41) is 19.9. The van der Waals surface area contributed by atoms with Crippen molar-refractivity contribution in [2.75, 3.05) is 33.5 Å². The van der Waals surface area contributed by atoms with Gasteiger partial charge in [-0.15, -0.1) is 0 Å². The van der Waals surface area contributed by atoms with Crippen molar-refractivity contribution in [3.05, 3.63) is 0 Å². The Balaban J connectivity index is 2.71. The average molecular weight is 290 g/mol. The van der Waals surface area contributed by atoms with Gasteiger partial charge in [0.05, 0.1) is 20.3 Å². The predicted octanol–water partition coefficient (Wildman–Crippen LogP) is -1.59. The van der Waals surface area contributed by atoms with Crippen LogP contribution in [0.1, 0.15) is 6.42 Å². The molecule has 1 saturated heterocycles. The SMILES string of the molecule is COC(=O)C1COCCN1C(=O)NC(CCO)C(=O)O. The molecule has 0 aromatic carbocycles. The number of hydrogen-bond acceptors (Lipinski definition) is 6. The number of carboxylic acids is 1. The fraction of sp³-hybridized carbons (Fsp3) is 0.727. The summed E-state index contributed by atoms with van der Waals surface area (Å²) in [6.45, 7) is 0.0222. The van der Waals surface area contributed by atoms with Gasteiger partial charge in [-0.3, -0.25) is 0 Å². The number of morpholine rings is 1. The maximum Gasteiger partial charge on any atom is 0.331 e. The first-order valence-corrected chi connectivity index (χ1v) is 6.07. The van der Waals surface area contributed by atoms with Crippen LogP contribution in [0.3, 0.4) is 0 Å². The first kappa shape index (κ1) is 16.2. The van der Waals surface area contributed by atoms with Gasteiger partial charge in [0.25, 0.3) is 0 Å². The minimum absolute atomic E-state index is 0.00215. The number of carboxylic acid groups (broad SMARTS) is 1. The normalized spacial score (nSPS) is 20.1. The van der Waals surface area contributed by atoms with E-state index in [0.717, 1.165) is 0 Å². The molecule has 114 valence electrons. The van der Waals surface area contributed by atoms with Crippen molar-refractivity contribution in [1.82, 2.24) is 10.2 Å². The van der Waals surface area contributed by atoms with Crippen molar-refractivity contribution in [2.45, 2.75) is 18.5 Å². The number of aliphatic hydroxyl groups is 1. The van der Waals surface area contributed by atoms with Gasteiger partial charge in [-0.1, -0.05) is 0 Å². The van der Waals surface area contributed by atoms with Gasteiger partial charge in [-0.05, 0) is 0 Å². The van der Waals surface area contributed by atoms with E-state index < -0.39 is 30.1 Å². The summed E-state index contributed by atoms with van der Waals surface area (Å²) < 4.78 is 9.68. The maximum absolute atomic E-state index is 12.0. The Labute approximate surface area is 115 Å². The van der Waals surface area contributed by atoms with E-state index in [9.17, 15) is 14.4 Å². The molecule has 0 spiro atoms. The van der Waals surface area contributed by atoms with E-state index in [1.54, 1.807) is 0 Å². The molecule has 1 rings (SSSR count). The lowest BCUT2D eigenvalue weighted by atomic mass is 10.2. The summed E-state index contributed by atoms with van der Waals surface area (Å²) in [7, 11) is 1.19. The topological polar surface area (TPSA) is 125 Å². The van der Waals surface area contributed by atoms with E-state index in [-0.39, 0.29) is 32.8 Å². The van der Waals surface area contributed by atoms with Crippen molar-refractivity contribution >= 4 is 18.0 Å². The number of esters is 1. The van der Waals surface area contributed by atoms with E-state index >= 15 is 0 Å². The number of urea groups is 1. The molecule has 1 aliphatic heterocycles. The van der Waals surface area contributed by atoms with Gasteiger partial charge in [0.15, 0.2) is 6.04 Å². The Bertz CT molecular complexity index is 374. The molecule has 0 aromatic rings. The molecule has 0 saturated carbocycles. The molecule has 2 amide bonds. The third-order valence-electron chi connectivity index (χ3n) is 2.88. The number of aliphatic carboxylic acids is 1. The molecular formula is C11H18N2O7. The molecule has 9 nitrogen and oxygen atoms in total. The zero-order chi connectivity index (χ0) is 15.1. The molecule has 0 aromatic heterocycles. The third-order valence-corrected chi connectivity index (χ3v) is 2.88. The number of ether oxygens (including phenoxy) is 2. The summed E-state index contributed by atoms with van der Waals surface area (Å²) >= 11 is 0. The highest BCUT2D eigenvalue weighted by molar-refractivity contribution is 5.86. The number of aliphatic hydroxyl groups excluding tert-OH is 1. The van der Waals surface area contributed by atoms with Crippen LogP contribution < -0.4 is 5.32 Å². The largest absolute Gasteiger partial charge is 0.480 e. The molecule has 0 aliphatic carbocycles. The van der Waals surface area contributed by atoms with Crippen LogP contribution >= 0.6 is 0 Å². The molecule has 9 heteroatoms. The van der Waals surface area contributed by atoms with E-state index in [1.165, 1.54) is 12.0 Å². The number of carbonyl (C=O) groups is 3. The standard InChI is InChI=1S/C11H18N2O7/c1-19-10(17)8-6-20-5-3-13(8)11(18)12-7(2-4-14)9(15)16/h7-8,14H,2-6H2,1H3,(H,12,18)(H,15,16). The monoisotopic (exact) mass is 290 g/mol. The summed E-state index contributed by atoms with van der Waals surface area (Å²) in [4.78, 5) is 35.7. The minimum atomic E-state index is -1.25. The van der Waals surface area contributed by atoms with Crippen LogP contribution in [0.2, 0.25) is 0 Å². The second-order valence-electron chi connectivity index (χ2n) is 4.16. The number of amides is 2. The second-order valence-corrected chi connectivity index (χ2v) is 4.16. The van der Waals surface area contributed by atoms with Crippen molar-refractivity contribution in [3.63, 3.8) is 0 Å². The van der Waals surface area contributed by atoms with Gasteiger partial charge >= 0.3 is 18.0 Å².